The molecule has 5 nitrogen and oxygen atoms in total. The molecular formula is C25H27N3O2. The van der Waals surface area contributed by atoms with E-state index in [4.69, 9.17) is 0 Å². The molecule has 0 aromatic heterocycles. The summed E-state index contributed by atoms with van der Waals surface area (Å²) < 4.78 is 0. The predicted molar refractivity (Wildman–Crippen MR) is 122 cm³/mol. The molecule has 1 aliphatic heterocycles. The molecule has 30 heavy (non-hydrogen) atoms. The number of hydrogen-bond acceptors (Lipinski definition) is 2. The van der Waals surface area contributed by atoms with E-state index >= 15 is 0 Å². The van der Waals surface area contributed by atoms with Gasteiger partial charge in [-0.3, -0.25) is 4.79 Å². The van der Waals surface area contributed by atoms with Gasteiger partial charge in [0.05, 0.1) is 0 Å². The number of benzene rings is 3. The van der Waals surface area contributed by atoms with Crippen LogP contribution in [0.3, 0.4) is 0 Å². The SMILES string of the molecule is CC(C)C(=O)N1CCCc2ccc(NC(=O)NCc3cccc4ccccc34)cc21. The van der Waals surface area contributed by atoms with Crippen LogP contribution >= 0.6 is 0 Å². The minimum absolute atomic E-state index is 0.0587. The first-order valence-corrected chi connectivity index (χ1v) is 10.5. The number of urea groups is 1. The fourth-order valence-corrected chi connectivity index (χ4v) is 3.99. The molecule has 0 saturated heterocycles. The number of carbonyl (C=O) groups excluding carboxylic acids is 2. The highest BCUT2D eigenvalue weighted by atomic mass is 16.2. The summed E-state index contributed by atoms with van der Waals surface area (Å²) in [5.74, 6) is 0.0602. The van der Waals surface area contributed by atoms with Crippen molar-refractivity contribution in [2.45, 2.75) is 33.2 Å². The van der Waals surface area contributed by atoms with Gasteiger partial charge in [0.15, 0.2) is 0 Å². The van der Waals surface area contributed by atoms with Gasteiger partial charge in [0.25, 0.3) is 0 Å². The van der Waals surface area contributed by atoms with Crippen molar-refractivity contribution in [2.75, 3.05) is 16.8 Å². The molecular weight excluding hydrogens is 374 g/mol. The standard InChI is InChI=1S/C25H27N3O2/c1-17(2)24(29)28-14-6-10-19-12-13-21(15-23(19)28)27-25(30)26-16-20-9-5-8-18-7-3-4-11-22(18)20/h3-5,7-9,11-13,15,17H,6,10,14,16H2,1-2H3,(H2,26,27,30). The van der Waals surface area contributed by atoms with Crippen molar-refractivity contribution in [3.8, 4) is 0 Å². The lowest BCUT2D eigenvalue weighted by atomic mass is 9.99. The van der Waals surface area contributed by atoms with Gasteiger partial charge < -0.3 is 15.5 Å². The highest BCUT2D eigenvalue weighted by Gasteiger charge is 2.24. The van der Waals surface area contributed by atoms with Crippen molar-refractivity contribution in [3.05, 3.63) is 71.8 Å². The number of rotatable bonds is 4. The maximum Gasteiger partial charge on any atom is 0.319 e. The number of nitrogens with one attached hydrogen (secondary N) is 2. The van der Waals surface area contributed by atoms with Crippen LogP contribution in [-0.4, -0.2) is 18.5 Å². The second kappa shape index (κ2) is 8.57. The maximum absolute atomic E-state index is 12.6. The van der Waals surface area contributed by atoms with Gasteiger partial charge in [-0.25, -0.2) is 4.79 Å². The normalized spacial score (nSPS) is 13.2. The van der Waals surface area contributed by atoms with E-state index in [2.05, 4.69) is 28.8 Å². The number of hydrogen-bond donors (Lipinski definition) is 2. The van der Waals surface area contributed by atoms with E-state index in [1.54, 1.807) is 0 Å². The van der Waals surface area contributed by atoms with Gasteiger partial charge in [0, 0.05) is 30.4 Å². The molecule has 0 spiro atoms. The number of amides is 3. The summed E-state index contributed by atoms with van der Waals surface area (Å²) in [5, 5.41) is 8.14. The maximum atomic E-state index is 12.6. The molecule has 3 amide bonds. The summed E-state index contributed by atoms with van der Waals surface area (Å²) in [6.07, 6.45) is 1.91. The first kappa shape index (κ1) is 20.0. The van der Waals surface area contributed by atoms with Crippen LogP contribution in [0.4, 0.5) is 16.2 Å². The van der Waals surface area contributed by atoms with Crippen LogP contribution in [0.1, 0.15) is 31.4 Å². The largest absolute Gasteiger partial charge is 0.334 e. The molecule has 1 aliphatic rings. The average molecular weight is 402 g/mol. The van der Waals surface area contributed by atoms with E-state index in [-0.39, 0.29) is 17.9 Å². The van der Waals surface area contributed by atoms with Crippen molar-refractivity contribution in [3.63, 3.8) is 0 Å². The third-order valence-corrected chi connectivity index (χ3v) is 5.54. The van der Waals surface area contributed by atoms with E-state index in [9.17, 15) is 9.59 Å². The van der Waals surface area contributed by atoms with Gasteiger partial charge in [-0.05, 0) is 46.9 Å². The molecule has 4 rings (SSSR count). The zero-order valence-electron chi connectivity index (χ0n) is 17.4. The molecule has 154 valence electrons. The fourth-order valence-electron chi connectivity index (χ4n) is 3.99. The minimum Gasteiger partial charge on any atom is -0.334 e. The van der Waals surface area contributed by atoms with E-state index in [0.29, 0.717) is 12.2 Å². The van der Waals surface area contributed by atoms with E-state index in [1.807, 2.05) is 61.2 Å². The summed E-state index contributed by atoms with van der Waals surface area (Å²) in [6, 6.07) is 19.8. The third kappa shape index (κ3) is 4.15. The third-order valence-electron chi connectivity index (χ3n) is 5.54. The second-order valence-corrected chi connectivity index (χ2v) is 8.04. The number of fused-ring (bicyclic) bond motifs is 2. The predicted octanol–water partition coefficient (Wildman–Crippen LogP) is 5.10. The molecule has 3 aromatic carbocycles. The Labute approximate surface area is 177 Å². The smallest absolute Gasteiger partial charge is 0.319 e. The Morgan fingerprint density at radius 1 is 1.03 bits per heavy atom. The van der Waals surface area contributed by atoms with Crippen molar-refractivity contribution >= 4 is 34.1 Å². The van der Waals surface area contributed by atoms with Gasteiger partial charge in [-0.15, -0.1) is 0 Å². The number of carbonyl (C=O) groups is 2. The molecule has 0 fully saturated rings. The molecule has 0 radical (unpaired) electrons. The van der Waals surface area contributed by atoms with Gasteiger partial charge in [-0.2, -0.15) is 0 Å². The summed E-state index contributed by atoms with van der Waals surface area (Å²) in [5.41, 5.74) is 3.82. The molecule has 0 saturated carbocycles. The van der Waals surface area contributed by atoms with Crippen LogP contribution in [0.25, 0.3) is 10.8 Å². The Morgan fingerprint density at radius 2 is 1.83 bits per heavy atom. The second-order valence-electron chi connectivity index (χ2n) is 8.04. The van der Waals surface area contributed by atoms with Crippen molar-refractivity contribution in [1.29, 1.82) is 0 Å². The van der Waals surface area contributed by atoms with Crippen molar-refractivity contribution < 1.29 is 9.59 Å². The Kier molecular flexibility index (Phi) is 5.70. The van der Waals surface area contributed by atoms with Crippen LogP contribution in [0.15, 0.2) is 60.7 Å². The molecule has 0 aliphatic carbocycles. The Bertz CT molecular complexity index is 1090. The zero-order chi connectivity index (χ0) is 21.1. The van der Waals surface area contributed by atoms with Gasteiger partial charge in [0.1, 0.15) is 0 Å². The Hall–Kier alpha value is -3.34. The lowest BCUT2D eigenvalue weighted by molar-refractivity contribution is -0.121. The molecule has 0 atom stereocenters. The monoisotopic (exact) mass is 401 g/mol. The van der Waals surface area contributed by atoms with Crippen LogP contribution in [0, 0.1) is 5.92 Å². The van der Waals surface area contributed by atoms with Crippen molar-refractivity contribution in [2.24, 2.45) is 5.92 Å². The Morgan fingerprint density at radius 3 is 2.67 bits per heavy atom. The van der Waals surface area contributed by atoms with Crippen molar-refractivity contribution in [1.82, 2.24) is 5.32 Å². The lowest BCUT2D eigenvalue weighted by Crippen LogP contribution is -2.38. The fraction of sp³-hybridized carbons (Fsp3) is 0.280. The minimum atomic E-state index is -0.263. The van der Waals surface area contributed by atoms with Crippen LogP contribution in [0.2, 0.25) is 0 Å². The quantitative estimate of drug-likeness (QED) is 0.639. The van der Waals surface area contributed by atoms with Crippen LogP contribution in [-0.2, 0) is 17.8 Å². The lowest BCUT2D eigenvalue weighted by Gasteiger charge is -2.31. The summed E-state index contributed by atoms with van der Waals surface area (Å²) >= 11 is 0. The highest BCUT2D eigenvalue weighted by Crippen LogP contribution is 2.31. The highest BCUT2D eigenvalue weighted by molar-refractivity contribution is 5.97. The Balaban J connectivity index is 1.46. The van der Waals surface area contributed by atoms with E-state index in [0.717, 1.165) is 47.0 Å². The van der Waals surface area contributed by atoms with Gasteiger partial charge in [-0.1, -0.05) is 62.4 Å². The first-order valence-electron chi connectivity index (χ1n) is 10.5. The summed E-state index contributed by atoms with van der Waals surface area (Å²) in [6.45, 7) is 5.00. The van der Waals surface area contributed by atoms with Crippen LogP contribution in [0.5, 0.6) is 0 Å². The first-order chi connectivity index (χ1) is 14.5. The molecule has 2 N–H and O–H groups in total. The molecule has 1 heterocycles. The summed E-state index contributed by atoms with van der Waals surface area (Å²) in [4.78, 5) is 26.9. The molecule has 3 aromatic rings. The topological polar surface area (TPSA) is 61.4 Å². The molecule has 5 heteroatoms. The molecule has 0 unspecified atom stereocenters. The summed E-state index contributed by atoms with van der Waals surface area (Å²) in [7, 11) is 0. The van der Waals surface area contributed by atoms with E-state index < -0.39 is 0 Å². The molecule has 0 bridgehead atoms. The number of nitrogens with zero attached hydrogens (tertiary/aromatic N) is 1. The number of anilines is 2. The van der Waals surface area contributed by atoms with E-state index in [1.165, 1.54) is 0 Å². The van der Waals surface area contributed by atoms with Crippen LogP contribution < -0.4 is 15.5 Å². The average Bonchev–Trinajstić information content (AvgIpc) is 2.76. The number of aryl methyl sites for hydroxylation is 1. The van der Waals surface area contributed by atoms with Gasteiger partial charge in [0.2, 0.25) is 5.91 Å². The van der Waals surface area contributed by atoms with Gasteiger partial charge >= 0.3 is 6.03 Å². The zero-order valence-corrected chi connectivity index (χ0v) is 17.4.